The second kappa shape index (κ2) is 6.64. The third kappa shape index (κ3) is 3.31. The minimum Gasteiger partial charge on any atom is -0.313 e. The third-order valence-electron chi connectivity index (χ3n) is 3.18. The number of aryl methyl sites for hydroxylation is 1. The van der Waals surface area contributed by atoms with Crippen LogP contribution in [0.15, 0.2) is 18.3 Å². The summed E-state index contributed by atoms with van der Waals surface area (Å²) >= 11 is 0. The zero-order valence-electron chi connectivity index (χ0n) is 11.0. The Hall–Kier alpha value is -0.890. The maximum Gasteiger partial charge on any atom is 0.0476 e. The third-order valence-corrected chi connectivity index (χ3v) is 3.18. The van der Waals surface area contributed by atoms with Gasteiger partial charge in [-0.3, -0.25) is 4.98 Å². The number of pyridine rings is 1. The van der Waals surface area contributed by atoms with E-state index in [1.165, 1.54) is 17.7 Å². The first-order valence-electron chi connectivity index (χ1n) is 6.35. The van der Waals surface area contributed by atoms with Crippen LogP contribution >= 0.6 is 0 Å². The number of hydrogen-bond acceptors (Lipinski definition) is 2. The van der Waals surface area contributed by atoms with Gasteiger partial charge in [0.25, 0.3) is 0 Å². The molecular formula is C14H24N2. The fourth-order valence-electron chi connectivity index (χ4n) is 2.17. The maximum absolute atomic E-state index is 4.52. The second-order valence-electron chi connectivity index (χ2n) is 4.46. The molecule has 1 aromatic rings. The average Bonchev–Trinajstić information content (AvgIpc) is 2.30. The topological polar surface area (TPSA) is 24.9 Å². The summed E-state index contributed by atoms with van der Waals surface area (Å²) in [6.45, 7) is 9.95. The van der Waals surface area contributed by atoms with E-state index in [1.54, 1.807) is 0 Å². The predicted octanol–water partition coefficient (Wildman–Crippen LogP) is 3.27. The Morgan fingerprint density at radius 2 is 2.12 bits per heavy atom. The summed E-state index contributed by atoms with van der Waals surface area (Å²) in [5, 5.41) is 3.60. The monoisotopic (exact) mass is 220 g/mol. The minimum absolute atomic E-state index is 0.484. The Balaban J connectivity index is 2.74. The van der Waals surface area contributed by atoms with Gasteiger partial charge in [-0.1, -0.05) is 26.8 Å². The van der Waals surface area contributed by atoms with E-state index in [1.807, 2.05) is 12.3 Å². The van der Waals surface area contributed by atoms with Gasteiger partial charge in [-0.25, -0.2) is 0 Å². The smallest absolute Gasteiger partial charge is 0.0476 e. The molecule has 1 heterocycles. The zero-order chi connectivity index (χ0) is 12.0. The lowest BCUT2D eigenvalue weighted by atomic mass is 9.93. The lowest BCUT2D eigenvalue weighted by molar-refractivity contribution is 0.431. The van der Waals surface area contributed by atoms with E-state index in [9.17, 15) is 0 Å². The van der Waals surface area contributed by atoms with E-state index in [-0.39, 0.29) is 0 Å². The fourth-order valence-corrected chi connectivity index (χ4v) is 2.17. The second-order valence-corrected chi connectivity index (χ2v) is 4.46. The van der Waals surface area contributed by atoms with Crippen LogP contribution in [0.2, 0.25) is 0 Å². The van der Waals surface area contributed by atoms with Gasteiger partial charge in [0.15, 0.2) is 0 Å². The Morgan fingerprint density at radius 3 is 2.69 bits per heavy atom. The van der Waals surface area contributed by atoms with Crippen molar-refractivity contribution in [3.8, 4) is 0 Å². The number of aromatic nitrogens is 1. The molecule has 0 aliphatic rings. The average molecular weight is 220 g/mol. The van der Waals surface area contributed by atoms with Gasteiger partial charge in [0.1, 0.15) is 0 Å². The Labute approximate surface area is 99.5 Å². The molecule has 90 valence electrons. The summed E-state index contributed by atoms with van der Waals surface area (Å²) in [6.07, 6.45) is 4.23. The summed E-state index contributed by atoms with van der Waals surface area (Å²) in [5.74, 6) is 0.484. The van der Waals surface area contributed by atoms with E-state index in [0.29, 0.717) is 12.0 Å². The molecule has 0 saturated heterocycles. The van der Waals surface area contributed by atoms with Gasteiger partial charge in [-0.15, -0.1) is 0 Å². The van der Waals surface area contributed by atoms with Crippen molar-refractivity contribution in [1.29, 1.82) is 0 Å². The van der Waals surface area contributed by atoms with Crippen LogP contribution in [0.3, 0.4) is 0 Å². The van der Waals surface area contributed by atoms with Crippen LogP contribution in [0.5, 0.6) is 0 Å². The molecule has 2 heteroatoms. The largest absolute Gasteiger partial charge is 0.313 e. The van der Waals surface area contributed by atoms with Crippen molar-refractivity contribution in [1.82, 2.24) is 10.3 Å². The van der Waals surface area contributed by atoms with E-state index >= 15 is 0 Å². The van der Waals surface area contributed by atoms with Crippen molar-refractivity contribution in [2.75, 3.05) is 6.54 Å². The number of nitrogens with one attached hydrogen (secondary N) is 1. The lowest BCUT2D eigenvalue weighted by Gasteiger charge is -2.24. The molecule has 1 aromatic heterocycles. The predicted molar refractivity (Wildman–Crippen MR) is 69.8 cm³/mol. The molecule has 0 fully saturated rings. The van der Waals surface area contributed by atoms with E-state index in [4.69, 9.17) is 0 Å². The quantitative estimate of drug-likeness (QED) is 0.796. The molecule has 0 saturated carbocycles. The fraction of sp³-hybridized carbons (Fsp3) is 0.643. The molecule has 1 N–H and O–H groups in total. The van der Waals surface area contributed by atoms with Gasteiger partial charge in [0, 0.05) is 23.9 Å². The van der Waals surface area contributed by atoms with Gasteiger partial charge < -0.3 is 5.32 Å². The van der Waals surface area contributed by atoms with E-state index in [0.717, 1.165) is 13.0 Å². The highest BCUT2D eigenvalue weighted by Crippen LogP contribution is 2.21. The van der Waals surface area contributed by atoms with Crippen LogP contribution in [-0.4, -0.2) is 17.6 Å². The summed E-state index contributed by atoms with van der Waals surface area (Å²) in [4.78, 5) is 4.52. The minimum atomic E-state index is 0.484. The van der Waals surface area contributed by atoms with Gasteiger partial charge in [0.2, 0.25) is 0 Å². The summed E-state index contributed by atoms with van der Waals surface area (Å²) in [5.41, 5.74) is 2.53. The highest BCUT2D eigenvalue weighted by atomic mass is 14.9. The normalized spacial score (nSPS) is 14.8. The number of hydrogen-bond donors (Lipinski definition) is 1. The van der Waals surface area contributed by atoms with Crippen LogP contribution in [0, 0.1) is 6.92 Å². The van der Waals surface area contributed by atoms with Crippen molar-refractivity contribution in [2.24, 2.45) is 0 Å². The van der Waals surface area contributed by atoms with E-state index < -0.39 is 0 Å². The summed E-state index contributed by atoms with van der Waals surface area (Å²) < 4.78 is 0. The Bertz CT molecular complexity index is 309. The van der Waals surface area contributed by atoms with Crippen LogP contribution in [-0.2, 0) is 0 Å². The zero-order valence-corrected chi connectivity index (χ0v) is 11.0. The molecule has 2 unspecified atom stereocenters. The molecule has 0 aliphatic carbocycles. The van der Waals surface area contributed by atoms with Crippen molar-refractivity contribution >= 4 is 0 Å². The standard InChI is InChI=1S/C14H24N2/c1-5-9-15-13(6-2)12(4)14-11(3)8-7-10-16-14/h7-8,10,12-13,15H,5-6,9H2,1-4H3. The van der Waals surface area contributed by atoms with Crippen LogP contribution in [0.4, 0.5) is 0 Å². The molecule has 0 radical (unpaired) electrons. The number of rotatable bonds is 6. The molecule has 0 aromatic carbocycles. The van der Waals surface area contributed by atoms with Crippen LogP contribution < -0.4 is 5.32 Å². The molecule has 2 nitrogen and oxygen atoms in total. The molecule has 0 bridgehead atoms. The van der Waals surface area contributed by atoms with E-state index in [2.05, 4.69) is 44.1 Å². The first-order valence-corrected chi connectivity index (χ1v) is 6.35. The van der Waals surface area contributed by atoms with Crippen molar-refractivity contribution in [3.05, 3.63) is 29.6 Å². The molecule has 0 aliphatic heterocycles. The van der Waals surface area contributed by atoms with Crippen molar-refractivity contribution in [3.63, 3.8) is 0 Å². The highest BCUT2D eigenvalue weighted by Gasteiger charge is 2.18. The molecular weight excluding hydrogens is 196 g/mol. The SMILES string of the molecule is CCCNC(CC)C(C)c1ncccc1C. The first-order chi connectivity index (χ1) is 7.70. The summed E-state index contributed by atoms with van der Waals surface area (Å²) in [6, 6.07) is 4.69. The highest BCUT2D eigenvalue weighted by molar-refractivity contribution is 5.22. The maximum atomic E-state index is 4.52. The van der Waals surface area contributed by atoms with Gasteiger partial charge >= 0.3 is 0 Å². The Kier molecular flexibility index (Phi) is 5.47. The number of nitrogens with zero attached hydrogens (tertiary/aromatic N) is 1. The van der Waals surface area contributed by atoms with Crippen LogP contribution in [0.1, 0.15) is 50.8 Å². The van der Waals surface area contributed by atoms with Crippen molar-refractivity contribution < 1.29 is 0 Å². The first kappa shape index (κ1) is 13.2. The van der Waals surface area contributed by atoms with Gasteiger partial charge in [-0.05, 0) is 37.9 Å². The van der Waals surface area contributed by atoms with Gasteiger partial charge in [-0.2, -0.15) is 0 Å². The van der Waals surface area contributed by atoms with Crippen LogP contribution in [0.25, 0.3) is 0 Å². The molecule has 16 heavy (non-hydrogen) atoms. The molecule has 0 amide bonds. The summed E-state index contributed by atoms with van der Waals surface area (Å²) in [7, 11) is 0. The van der Waals surface area contributed by atoms with Crippen molar-refractivity contribution in [2.45, 2.75) is 52.5 Å². The molecule has 0 spiro atoms. The molecule has 2 atom stereocenters. The molecule has 1 rings (SSSR count). The lowest BCUT2D eigenvalue weighted by Crippen LogP contribution is -2.34. The Morgan fingerprint density at radius 1 is 1.38 bits per heavy atom. The van der Waals surface area contributed by atoms with Gasteiger partial charge in [0.05, 0.1) is 0 Å².